The molecule has 10 heteroatoms. The zero-order chi connectivity index (χ0) is 20.6. The number of nitrogens with two attached hydrogens (primary N) is 1. The summed E-state index contributed by atoms with van der Waals surface area (Å²) in [5.41, 5.74) is 5.15. The van der Waals surface area contributed by atoms with E-state index in [4.69, 9.17) is 9.88 Å². The van der Waals surface area contributed by atoms with Crippen LogP contribution in [0.15, 0.2) is 19.9 Å². The summed E-state index contributed by atoms with van der Waals surface area (Å²) >= 11 is 3.72. The van der Waals surface area contributed by atoms with Crippen molar-refractivity contribution in [1.29, 1.82) is 0 Å². The number of anilines is 1. The lowest BCUT2D eigenvalue weighted by molar-refractivity contribution is 0.132. The third-order valence-electron chi connectivity index (χ3n) is 5.77. The van der Waals surface area contributed by atoms with Crippen molar-refractivity contribution in [1.82, 2.24) is 9.78 Å². The number of halogens is 1. The Labute approximate surface area is 177 Å². The van der Waals surface area contributed by atoms with Gasteiger partial charge in [-0.3, -0.25) is 0 Å². The minimum atomic E-state index is -3.49. The molecule has 0 spiro atoms. The average molecular weight is 480 g/mol. The van der Waals surface area contributed by atoms with Crippen LogP contribution in [0.3, 0.4) is 0 Å². The van der Waals surface area contributed by atoms with Crippen LogP contribution in [-0.4, -0.2) is 25.6 Å². The molecule has 3 aliphatic rings. The average Bonchev–Trinajstić information content (AvgIpc) is 3.24. The number of nitrogens with zero attached hydrogens (tertiary/aromatic N) is 3. The summed E-state index contributed by atoms with van der Waals surface area (Å²) in [6, 6.07) is -0.708. The van der Waals surface area contributed by atoms with Gasteiger partial charge in [-0.2, -0.15) is 5.10 Å². The van der Waals surface area contributed by atoms with Gasteiger partial charge in [-0.1, -0.05) is 15.9 Å². The van der Waals surface area contributed by atoms with Crippen molar-refractivity contribution in [3.05, 3.63) is 32.9 Å². The topological polar surface area (TPSA) is 112 Å². The van der Waals surface area contributed by atoms with Crippen molar-refractivity contribution >= 4 is 37.6 Å². The number of ether oxygens (including phenoxy) is 1. The van der Waals surface area contributed by atoms with E-state index in [1.165, 1.54) is 21.8 Å². The SMILES string of the molecule is CC1(C)Cn2ncc(S(N)(=O)=NC(=O)Nc3c4c(c(Br)c5c3CC5)CCC4)c2O1. The Balaban J connectivity index is 1.48. The van der Waals surface area contributed by atoms with E-state index in [-0.39, 0.29) is 4.90 Å². The summed E-state index contributed by atoms with van der Waals surface area (Å²) in [6.07, 6.45) is 6.23. The number of benzene rings is 1. The van der Waals surface area contributed by atoms with E-state index >= 15 is 0 Å². The second-order valence-electron chi connectivity index (χ2n) is 8.38. The molecule has 1 unspecified atom stereocenters. The molecule has 1 aliphatic heterocycles. The Morgan fingerprint density at radius 2 is 1.93 bits per heavy atom. The summed E-state index contributed by atoms with van der Waals surface area (Å²) in [5, 5.41) is 13.0. The molecule has 1 aromatic carbocycles. The largest absolute Gasteiger partial charge is 0.469 e. The molecule has 1 aromatic heterocycles. The molecule has 1 atom stereocenters. The third-order valence-corrected chi connectivity index (χ3v) is 8.07. The Bertz CT molecular complexity index is 1190. The molecular weight excluding hydrogens is 458 g/mol. The standard InChI is InChI=1S/C19H22BrN5O3S/c1-19(2)9-25-17(28-19)14(8-22-25)29(21,27)24-18(26)23-16-12-5-3-4-10(12)15(20)11-6-7-13(11)16/h8H,3-7,9H2,1-2H3,(H3,21,23,24,26,27). The lowest BCUT2D eigenvalue weighted by Gasteiger charge is -2.27. The van der Waals surface area contributed by atoms with Gasteiger partial charge in [0, 0.05) is 10.2 Å². The molecule has 154 valence electrons. The van der Waals surface area contributed by atoms with Crippen LogP contribution in [0.5, 0.6) is 5.88 Å². The first kappa shape index (κ1) is 19.1. The van der Waals surface area contributed by atoms with E-state index in [0.29, 0.717) is 12.4 Å². The van der Waals surface area contributed by atoms with Gasteiger partial charge in [0.15, 0.2) is 9.92 Å². The van der Waals surface area contributed by atoms with Gasteiger partial charge in [0.25, 0.3) is 0 Å². The number of nitrogens with one attached hydrogen (secondary N) is 1. The maximum Gasteiger partial charge on any atom is 0.354 e. The molecule has 0 bridgehead atoms. The molecule has 0 saturated carbocycles. The predicted molar refractivity (Wildman–Crippen MR) is 113 cm³/mol. The number of carbonyl (C=O) groups is 1. The predicted octanol–water partition coefficient (Wildman–Crippen LogP) is 3.34. The molecule has 0 saturated heterocycles. The van der Waals surface area contributed by atoms with Gasteiger partial charge in [0.1, 0.15) is 10.5 Å². The number of fused-ring (bicyclic) bond motifs is 3. The van der Waals surface area contributed by atoms with Crippen LogP contribution < -0.4 is 15.2 Å². The van der Waals surface area contributed by atoms with Crippen molar-refractivity contribution < 1.29 is 13.7 Å². The number of aromatic nitrogens is 2. The fraction of sp³-hybridized carbons (Fsp3) is 0.474. The van der Waals surface area contributed by atoms with E-state index < -0.39 is 21.5 Å². The van der Waals surface area contributed by atoms with Gasteiger partial charge in [0.2, 0.25) is 5.88 Å². The monoisotopic (exact) mass is 479 g/mol. The molecule has 0 radical (unpaired) electrons. The zero-order valence-corrected chi connectivity index (χ0v) is 18.7. The van der Waals surface area contributed by atoms with E-state index in [9.17, 15) is 9.00 Å². The second kappa shape index (κ2) is 6.29. The van der Waals surface area contributed by atoms with Gasteiger partial charge in [-0.05, 0) is 68.2 Å². The van der Waals surface area contributed by atoms with Gasteiger partial charge in [0.05, 0.1) is 12.7 Å². The number of carbonyl (C=O) groups excluding carboxylic acids is 1. The van der Waals surface area contributed by atoms with Crippen molar-refractivity contribution in [3.8, 4) is 5.88 Å². The lowest BCUT2D eigenvalue weighted by Crippen LogP contribution is -2.27. The fourth-order valence-electron chi connectivity index (χ4n) is 4.40. The smallest absolute Gasteiger partial charge is 0.354 e. The lowest BCUT2D eigenvalue weighted by atomic mass is 9.83. The Kier molecular flexibility index (Phi) is 4.14. The van der Waals surface area contributed by atoms with Crippen LogP contribution in [0.4, 0.5) is 10.5 Å². The van der Waals surface area contributed by atoms with E-state index in [2.05, 4.69) is 30.7 Å². The first-order valence-corrected chi connectivity index (χ1v) is 12.0. The van der Waals surface area contributed by atoms with Crippen LogP contribution in [-0.2, 0) is 42.1 Å². The number of urea groups is 1. The highest BCUT2D eigenvalue weighted by molar-refractivity contribution is 9.10. The van der Waals surface area contributed by atoms with Crippen LogP contribution >= 0.6 is 15.9 Å². The molecule has 5 rings (SSSR count). The Morgan fingerprint density at radius 1 is 1.28 bits per heavy atom. The molecule has 29 heavy (non-hydrogen) atoms. The van der Waals surface area contributed by atoms with Crippen molar-refractivity contribution in [2.75, 3.05) is 5.32 Å². The first-order valence-electron chi connectivity index (χ1n) is 9.62. The molecule has 2 heterocycles. The van der Waals surface area contributed by atoms with E-state index in [1.807, 2.05) is 13.8 Å². The van der Waals surface area contributed by atoms with E-state index in [0.717, 1.165) is 48.9 Å². The quantitative estimate of drug-likeness (QED) is 0.687. The normalized spacial score (nSPS) is 20.0. The minimum Gasteiger partial charge on any atom is -0.469 e. The highest BCUT2D eigenvalue weighted by atomic mass is 79.9. The minimum absolute atomic E-state index is 0.146. The molecule has 3 N–H and O–H groups in total. The Hall–Kier alpha value is -1.91. The molecule has 2 aliphatic carbocycles. The van der Waals surface area contributed by atoms with Crippen molar-refractivity contribution in [2.45, 2.75) is 63.0 Å². The summed E-state index contributed by atoms with van der Waals surface area (Å²) in [5.74, 6) is 0.313. The van der Waals surface area contributed by atoms with Gasteiger partial charge >= 0.3 is 6.03 Å². The van der Waals surface area contributed by atoms with Crippen LogP contribution in [0, 0.1) is 0 Å². The van der Waals surface area contributed by atoms with Gasteiger partial charge in [-0.15, -0.1) is 4.36 Å². The number of hydrogen-bond acceptors (Lipinski definition) is 4. The summed E-state index contributed by atoms with van der Waals surface area (Å²) < 4.78 is 25.5. The van der Waals surface area contributed by atoms with Gasteiger partial charge in [-0.25, -0.2) is 18.8 Å². The summed E-state index contributed by atoms with van der Waals surface area (Å²) in [6.45, 7) is 4.32. The zero-order valence-electron chi connectivity index (χ0n) is 16.2. The number of rotatable bonds is 2. The summed E-state index contributed by atoms with van der Waals surface area (Å²) in [7, 11) is -3.49. The fourth-order valence-corrected chi connectivity index (χ4v) is 6.26. The van der Waals surface area contributed by atoms with Gasteiger partial charge < -0.3 is 10.1 Å². The molecule has 2 amide bonds. The second-order valence-corrected chi connectivity index (χ2v) is 10.9. The number of amides is 2. The van der Waals surface area contributed by atoms with Crippen molar-refractivity contribution in [3.63, 3.8) is 0 Å². The highest BCUT2D eigenvalue weighted by Gasteiger charge is 2.36. The maximum absolute atomic E-state index is 13.1. The van der Waals surface area contributed by atoms with Crippen molar-refractivity contribution in [2.24, 2.45) is 9.50 Å². The highest BCUT2D eigenvalue weighted by Crippen LogP contribution is 2.45. The van der Waals surface area contributed by atoms with Crippen LogP contribution in [0.2, 0.25) is 0 Å². The molecule has 8 nitrogen and oxygen atoms in total. The molecular formula is C19H22BrN5O3S. The molecule has 0 fully saturated rings. The summed E-state index contributed by atoms with van der Waals surface area (Å²) in [4.78, 5) is 12.9. The number of hydrogen-bond donors (Lipinski definition) is 2. The maximum atomic E-state index is 13.1. The van der Waals surface area contributed by atoms with Crippen LogP contribution in [0.1, 0.15) is 42.5 Å². The third kappa shape index (κ3) is 3.00. The first-order chi connectivity index (χ1) is 13.7. The van der Waals surface area contributed by atoms with Crippen LogP contribution in [0.25, 0.3) is 0 Å². The Morgan fingerprint density at radius 3 is 2.66 bits per heavy atom. The van der Waals surface area contributed by atoms with E-state index in [1.54, 1.807) is 4.68 Å². The molecule has 2 aromatic rings.